The van der Waals surface area contributed by atoms with Crippen molar-refractivity contribution in [2.24, 2.45) is 73.6 Å². The van der Waals surface area contributed by atoms with Crippen molar-refractivity contribution in [1.82, 2.24) is 0 Å². The van der Waals surface area contributed by atoms with E-state index in [4.69, 9.17) is 0 Å². The second-order valence-electron chi connectivity index (χ2n) is 37.4. The van der Waals surface area contributed by atoms with Crippen molar-refractivity contribution < 1.29 is 378 Å². The van der Waals surface area contributed by atoms with Gasteiger partial charge in [0.05, 0.1) is 16.8 Å². The molecule has 0 saturated heterocycles. The molecule has 7 unspecified atom stereocenters. The summed E-state index contributed by atoms with van der Waals surface area (Å²) in [7, 11) is 5.18. The zero-order chi connectivity index (χ0) is 100. The van der Waals surface area contributed by atoms with Gasteiger partial charge in [-0.15, -0.1) is 0 Å². The maximum absolute atomic E-state index is 10.5. The monoisotopic (exact) mass is 2660 g/mol. The van der Waals surface area contributed by atoms with E-state index in [1.165, 1.54) is 0 Å². The van der Waals surface area contributed by atoms with E-state index < -0.39 is 56.0 Å². The summed E-state index contributed by atoms with van der Waals surface area (Å²) in [6.07, 6.45) is 22.4. The van der Waals surface area contributed by atoms with E-state index in [9.17, 15) is 51.1 Å². The molecule has 0 aromatic rings. The maximum atomic E-state index is 10.5. The Labute approximate surface area is 1080 Å². The fourth-order valence-corrected chi connectivity index (χ4v) is 14.7. The van der Waals surface area contributed by atoms with Gasteiger partial charge in [-0.25, -0.2) is 0 Å². The Morgan fingerprint density at radius 2 is 0.381 bits per heavy atom. The van der Waals surface area contributed by atoms with Crippen LogP contribution in [-0.4, -0.2) is 229 Å². The average Bonchev–Trinajstić information content (AvgIpc) is 0.741. The molecule has 0 bridgehead atoms. The summed E-state index contributed by atoms with van der Waals surface area (Å²) in [6, 6.07) is 1.07. The van der Waals surface area contributed by atoms with E-state index in [-0.39, 0.29) is 375 Å². The molecule has 0 spiro atoms. The molecule has 0 aliphatic rings. The van der Waals surface area contributed by atoms with Crippen LogP contribution in [0.3, 0.4) is 0 Å². The van der Waals surface area contributed by atoms with Gasteiger partial charge in [-0.1, -0.05) is 222 Å². The second kappa shape index (κ2) is 107. The van der Waals surface area contributed by atoms with E-state index in [0.717, 1.165) is 237 Å². The molecule has 0 saturated carbocycles. The van der Waals surface area contributed by atoms with Gasteiger partial charge in [-0.3, -0.25) is 49.9 Å². The molecule has 134 heavy (non-hydrogen) atoms. The smallest absolute Gasteiger partial charge is 0.104 e. The molecule has 7 atom stereocenters. The second-order valence-corrected chi connectivity index (χ2v) is 37.4. The molecule has 30 heteroatoms. The van der Waals surface area contributed by atoms with Crippen LogP contribution >= 0.6 is 0 Å². The van der Waals surface area contributed by atoms with Crippen molar-refractivity contribution in [1.29, 1.82) is 0 Å². The molecule has 0 heterocycles. The van der Waals surface area contributed by atoms with Crippen LogP contribution < -0.4 is 0 Å². The minimum Gasteiger partial charge on any atom is -0.384 e. The Morgan fingerprint density at radius 1 is 0.201 bits per heavy atom. The third kappa shape index (κ3) is 88.8. The van der Waals surface area contributed by atoms with Crippen molar-refractivity contribution in [2.45, 2.75) is 552 Å². The normalized spacial score (nSPS) is 15.4. The van der Waals surface area contributed by atoms with E-state index in [1.54, 1.807) is 28.1 Å². The van der Waals surface area contributed by atoms with Gasteiger partial charge in [0.15, 0.2) is 0 Å². The molecule has 10 N–H and O–H groups in total. The Morgan fingerprint density at radius 3 is 0.597 bits per heavy atom. The first-order valence-corrected chi connectivity index (χ1v) is 49.1. The van der Waals surface area contributed by atoms with E-state index in [1.807, 2.05) is 208 Å². The van der Waals surface area contributed by atoms with Crippen LogP contribution in [0.1, 0.15) is 472 Å². The average molecular weight is 2660 g/mol. The van der Waals surface area contributed by atoms with Gasteiger partial charge in [0, 0.05) is 449 Å². The van der Waals surface area contributed by atoms with Gasteiger partial charge in [0.2, 0.25) is 0 Å². The van der Waals surface area contributed by atoms with Crippen LogP contribution in [-0.2, 0) is 327 Å². The predicted octanol–water partition coefficient (Wildman–Crippen LogP) is 25.0. The van der Waals surface area contributed by atoms with Crippen molar-refractivity contribution in [3.63, 3.8) is 0 Å². The van der Waals surface area contributed by atoms with Crippen LogP contribution in [0.15, 0.2) is 49.9 Å². The van der Waals surface area contributed by atoms with Gasteiger partial charge in [-0.2, -0.15) is 0 Å². The van der Waals surface area contributed by atoms with Crippen molar-refractivity contribution >= 4 is 57.1 Å². The number of hydrogen-bond acceptors (Lipinski definition) is 20. The van der Waals surface area contributed by atoms with Gasteiger partial charge >= 0.3 is 0 Å². The molecule has 774 valence electrons. The molecular formula is C104H218N10O10Y10. The van der Waals surface area contributed by atoms with Gasteiger partial charge < -0.3 is 51.1 Å². The molecule has 0 aliphatic heterocycles. The summed E-state index contributed by atoms with van der Waals surface area (Å²) in [5.41, 5.74) is 1.81. The molecular weight excluding hydrogens is 2440 g/mol. The number of rotatable bonds is 46. The summed E-state index contributed by atoms with van der Waals surface area (Å²) < 4.78 is 0. The fraction of sp³-hybridized carbons (Fsp3) is 0.904. The number of aliphatic imine (C=N–C) groups is 10. The van der Waals surface area contributed by atoms with E-state index in [2.05, 4.69) is 147 Å². The fourth-order valence-electron chi connectivity index (χ4n) is 14.7. The number of nitrogens with zero attached hydrogens (tertiary/aromatic N) is 10. The van der Waals surface area contributed by atoms with Gasteiger partial charge in [0.1, 0.15) is 39.2 Å². The Kier molecular flexibility index (Phi) is 151. The number of hydrogen-bond donors (Lipinski definition) is 10. The minimum atomic E-state index is -0.718. The first-order chi connectivity index (χ1) is 56.8. The van der Waals surface area contributed by atoms with Crippen LogP contribution in [0.5, 0.6) is 0 Å². The summed E-state index contributed by atoms with van der Waals surface area (Å²) in [5.74, 6) is 0.925. The Hall–Kier alpha value is 7.34. The largest absolute Gasteiger partial charge is 0.384 e. The zero-order valence-corrected chi connectivity index (χ0v) is 126. The Balaban J connectivity index is -0.0000000594. The summed E-state index contributed by atoms with van der Waals surface area (Å²) in [4.78, 5) is 42.5. The summed E-state index contributed by atoms with van der Waals surface area (Å²) >= 11 is 0. The molecule has 10 radical (unpaired) electrons. The molecule has 20 nitrogen and oxygen atoms in total. The van der Waals surface area contributed by atoms with Crippen molar-refractivity contribution in [3.8, 4) is 0 Å². The molecule has 0 aromatic heterocycles. The first kappa shape index (κ1) is 189. The third-order valence-corrected chi connectivity index (χ3v) is 23.3. The zero-order valence-electron chi connectivity index (χ0n) is 97.1. The van der Waals surface area contributed by atoms with Gasteiger partial charge in [-0.05, 0) is 273 Å². The SMILES string of the molecule is CCC(O)(C(C)=NC(C)C)C(C)C.CCCC(C)(O)C(C)=NC.CCCC(C)(O)C(C)=NC(C)C.CCCC(C)(O)C(C)=NCC.CCCC(O)(C(C)=NC(C)C)C(C)C.CCCC(O)(C(C)=NC)C(C)C.CCCC(O)(C(C)=NCC)C(C)C.CCCC(O)(CCC)C(C)=NC.CCCC(O)(CCC)C(C)=NC(C)C.CCCC(O)(CCC)C(C)=NCC.[Y].[Y].[Y].[Y].[Y].[Y].[Y].[Y].[Y].[Y]. The third-order valence-electron chi connectivity index (χ3n) is 23.3. The quantitative estimate of drug-likeness (QED) is 0.0257. The summed E-state index contributed by atoms with van der Waals surface area (Å²) in [6.45, 7) is 92.4. The minimum absolute atomic E-state index is 0. The first-order valence-electron chi connectivity index (χ1n) is 49.1. The maximum Gasteiger partial charge on any atom is 0.104 e. The topological polar surface area (TPSA) is 326 Å². The molecule has 0 rings (SSSR count). The van der Waals surface area contributed by atoms with Crippen LogP contribution in [0.2, 0.25) is 0 Å². The summed E-state index contributed by atoms with van der Waals surface area (Å²) in [5, 5.41) is 102. The number of aliphatic hydroxyl groups is 10. The van der Waals surface area contributed by atoms with E-state index >= 15 is 0 Å². The van der Waals surface area contributed by atoms with Crippen molar-refractivity contribution in [2.75, 3.05) is 40.8 Å². The Bertz CT molecular complexity index is 2950. The predicted molar refractivity (Wildman–Crippen MR) is 556 cm³/mol. The van der Waals surface area contributed by atoms with Crippen LogP contribution in [0, 0.1) is 23.7 Å². The molecule has 0 amide bonds. The molecule has 0 aliphatic carbocycles. The van der Waals surface area contributed by atoms with Gasteiger partial charge in [0.25, 0.3) is 0 Å². The van der Waals surface area contributed by atoms with E-state index in [0.29, 0.717) is 0 Å². The molecule has 0 fully saturated rings. The van der Waals surface area contributed by atoms with Crippen molar-refractivity contribution in [3.05, 3.63) is 0 Å². The standard InChI is InChI=1S/2C12H25NO.3C11H23NO.3C10H21NO.C9H19NO.C8H17NO.10Y/c1-7-8-12(14,9(2)3)11(6)13-10(4)5;1-6-8-12(14,9-7-2)11(5)13-10(3)4;1-7-11(13,8(2)3)10(6)12-9(4)5;1-6-8-11(13,9(3)4)10(5)12-7-2;1-5-8-11(13,9-6-2)10(4)12-7-3;1-6-7-10(12,8(2)3)9(4)11-5;1-6-7-10(5,12)9(4)11-8(2)3;1-5-7-10(12,8-6-2)9(3)11-4;1-5-7-9(4,11)8(3)10-6-2;1-5-6-8(3,10)7(2)9-4;;;;;;;;;;/h9-10,14H,7-8H2,1-6H3;10,14H,6-9H2,1-5H3;8-9,13H,7H2,1-6H3;9,13H,6-8H2,1-5H3;13H,5-9H2,1-4H3;2*8,12H,6-7H2,1-5H3;12H,5-8H2,1-4H3;11H,5-7H2,1-4H3;10H,5-6H2,1-4H3;;;;;;;;;;. The molecule has 0 aromatic carbocycles. The van der Waals surface area contributed by atoms with Crippen LogP contribution in [0.25, 0.3) is 0 Å². The van der Waals surface area contributed by atoms with Crippen LogP contribution in [0.4, 0.5) is 0 Å².